The van der Waals surface area contributed by atoms with Gasteiger partial charge in [0, 0.05) is 7.11 Å². The average Bonchev–Trinajstić information content (AvgIpc) is 1.00. The zero-order valence-corrected chi connectivity index (χ0v) is 1.45. The minimum Gasteiger partial charge on any atom is -0.400 e. The van der Waals surface area contributed by atoms with Gasteiger partial charge < -0.3 is 5.11 Å². The highest BCUT2D eigenvalue weighted by Crippen LogP contribution is 0.755. The molecule has 0 aliphatic rings. The predicted molar refractivity (Wildman–Crippen MR) is 35.1 cm³/mol. The summed E-state index contributed by atoms with van der Waals surface area (Å²) in [4.78, 5) is 0. The van der Waals surface area contributed by atoms with Crippen LogP contribution in [-0.2, 0) is 0 Å². The van der Waals surface area contributed by atoms with Gasteiger partial charge in [-0.05, 0) is 0 Å². The van der Waals surface area contributed by atoms with E-state index < -0.39 is 0 Å². The molecule has 0 atom stereocenters. The highest BCUT2D eigenvalue weighted by molar-refractivity contribution is 3.18. The van der Waals surface area contributed by atoms with Gasteiger partial charge >= 0.3 is 0 Å². The molecule has 0 aromatic heterocycles. The molecule has 0 unspecified atom stereocenters. The summed E-state index contributed by atoms with van der Waals surface area (Å²) in [6, 6.07) is 0. The Balaban J connectivity index is -0.000000000833. The van der Waals surface area contributed by atoms with Crippen LogP contribution in [-0.4, -0.2) is 12.2 Å². The fourth-order valence-corrected chi connectivity index (χ4v) is 0. The first-order valence-corrected chi connectivity index (χ1v) is 0.447. The van der Waals surface area contributed by atoms with E-state index in [4.69, 9.17) is 5.11 Å². The Morgan fingerprint density at radius 1 is 0.667 bits per heavy atom. The summed E-state index contributed by atoms with van der Waals surface area (Å²) in [5, 5.41) is 7.00. The van der Waals surface area contributed by atoms with Crippen LogP contribution < -0.4 is 0 Å². The molecule has 0 spiro atoms. The summed E-state index contributed by atoms with van der Waals surface area (Å²) in [5.74, 6) is 0. The minimum absolute atomic E-state index is 0. The Kier molecular flexibility index (Phi) is 1290000. The molecule has 0 aliphatic heterocycles. The molecule has 1 N–H and O–H groups in total. The van der Waals surface area contributed by atoms with Crippen LogP contribution in [0.4, 0.5) is 0 Å². The molecule has 0 saturated carbocycles. The predicted octanol–water partition coefficient (Wildman–Crippen LogP) is 2.15. The van der Waals surface area contributed by atoms with Gasteiger partial charge in [-0.25, -0.2) is 0 Å². The highest BCUT2D eigenvalue weighted by Gasteiger charge is 0.839. The molecule has 0 aromatic rings. The number of hydrogen-bond acceptors (Lipinski definition) is 1. The second-order valence-electron chi connectivity index (χ2n) is 0. The van der Waals surface area contributed by atoms with Crippen LogP contribution in [0.1, 0.15) is 29.7 Å². The van der Waals surface area contributed by atoms with E-state index in [1.165, 1.54) is 0 Å². The van der Waals surface area contributed by atoms with Gasteiger partial charge in [0.1, 0.15) is 0 Å². The quantitative estimate of drug-likeness (QED) is 0.490. The molecule has 6 heavy (non-hydrogen) atoms. The fraction of sp³-hybridized carbons (Fsp3) is 1.00. The van der Waals surface area contributed by atoms with Gasteiger partial charge in [0.25, 0.3) is 0 Å². The van der Waals surface area contributed by atoms with Crippen LogP contribution in [0.15, 0.2) is 0 Å². The van der Waals surface area contributed by atoms with E-state index >= 15 is 0 Å². The van der Waals surface area contributed by atoms with Crippen LogP contribution in [0, 0.1) is 0 Å². The lowest BCUT2D eigenvalue weighted by molar-refractivity contribution is 0.399. The Morgan fingerprint density at radius 2 is 0.667 bits per heavy atom. The van der Waals surface area contributed by atoms with Crippen molar-refractivity contribution >= 4 is 0 Å². The smallest absolute Gasteiger partial charge is 0.0319 e. The summed E-state index contributed by atoms with van der Waals surface area (Å²) in [5.41, 5.74) is 0. The van der Waals surface area contributed by atoms with Crippen molar-refractivity contribution in [2.75, 3.05) is 7.11 Å². The largest absolute Gasteiger partial charge is 0.400 e. The van der Waals surface area contributed by atoms with E-state index in [-0.39, 0.29) is 29.7 Å². The van der Waals surface area contributed by atoms with Gasteiger partial charge in [-0.1, -0.05) is 29.7 Å². The molecule has 0 heterocycles. The molecular formula is C5H20O. The normalized spacial score (nSPS) is 1.00. The molecular weight excluding hydrogens is 76.1 g/mol. The molecule has 1 nitrogen and oxygen atoms in total. The second-order valence-corrected chi connectivity index (χ2v) is 0. The first-order chi connectivity index (χ1) is 1.00. The summed E-state index contributed by atoms with van der Waals surface area (Å²) in [7, 11) is 1.00. The third-order valence-electron chi connectivity index (χ3n) is 0. The molecule has 0 aliphatic carbocycles. The molecule has 0 bridgehead atoms. The topological polar surface area (TPSA) is 20.2 Å². The monoisotopic (exact) mass is 96.2 g/mol. The minimum atomic E-state index is 0. The lowest BCUT2D eigenvalue weighted by Gasteiger charge is -1.21. The highest BCUT2D eigenvalue weighted by atomic mass is 16.2. The Labute approximate surface area is 43.0 Å². The standard InChI is InChI=1S/CH4O.4CH4/c1-2;;;;/h2H,1H3;4*1H4. The maximum atomic E-state index is 7.00. The van der Waals surface area contributed by atoms with Crippen LogP contribution >= 0.6 is 0 Å². The van der Waals surface area contributed by atoms with E-state index in [0.717, 1.165) is 7.11 Å². The molecule has 0 saturated heterocycles. The second kappa shape index (κ2) is 48600. The van der Waals surface area contributed by atoms with Crippen molar-refractivity contribution in [3.05, 3.63) is 0 Å². The lowest BCUT2D eigenvalue weighted by Crippen LogP contribution is -1.25. The third kappa shape index (κ3) is 21700. The van der Waals surface area contributed by atoms with Crippen LogP contribution in [0.25, 0.3) is 0 Å². The molecule has 0 rings (SSSR count). The number of aliphatic hydroxyl groups is 1. The van der Waals surface area contributed by atoms with E-state index in [0.29, 0.717) is 0 Å². The summed E-state index contributed by atoms with van der Waals surface area (Å²) in [6.07, 6.45) is 0. The van der Waals surface area contributed by atoms with Gasteiger partial charge in [0.2, 0.25) is 0 Å². The molecule has 0 fully saturated rings. The van der Waals surface area contributed by atoms with Crippen molar-refractivity contribution in [1.29, 1.82) is 0 Å². The van der Waals surface area contributed by atoms with Gasteiger partial charge in [-0.3, -0.25) is 0 Å². The van der Waals surface area contributed by atoms with E-state index in [1.54, 1.807) is 0 Å². The molecule has 0 aromatic carbocycles. The van der Waals surface area contributed by atoms with Gasteiger partial charge in [0.05, 0.1) is 0 Å². The van der Waals surface area contributed by atoms with Crippen molar-refractivity contribution in [3.8, 4) is 0 Å². The number of hydrogen-bond donors (Lipinski definition) is 1. The maximum Gasteiger partial charge on any atom is 0.0319 e. The third-order valence-corrected chi connectivity index (χ3v) is 0. The summed E-state index contributed by atoms with van der Waals surface area (Å²) in [6.45, 7) is 0. The molecule has 1 heteroatoms. The molecule has 0 amide bonds. The zero-order valence-electron chi connectivity index (χ0n) is 1.45. The van der Waals surface area contributed by atoms with Crippen molar-refractivity contribution in [3.63, 3.8) is 0 Å². The fourth-order valence-electron chi connectivity index (χ4n) is 0. The van der Waals surface area contributed by atoms with Crippen molar-refractivity contribution < 1.29 is 5.11 Å². The van der Waals surface area contributed by atoms with Crippen molar-refractivity contribution in [2.45, 2.75) is 29.7 Å². The number of aliphatic hydroxyl groups excluding tert-OH is 1. The van der Waals surface area contributed by atoms with Crippen LogP contribution in [0.5, 0.6) is 0 Å². The first kappa shape index (κ1) is 159. The number of rotatable bonds is 0. The van der Waals surface area contributed by atoms with Crippen LogP contribution in [0.3, 0.4) is 0 Å². The maximum absolute atomic E-state index is 7.00. The molecule has 46 valence electrons. The zero-order chi connectivity index (χ0) is 2.00. The van der Waals surface area contributed by atoms with Crippen LogP contribution in [0.2, 0.25) is 0 Å². The first-order valence-electron chi connectivity index (χ1n) is 0.447. The summed E-state index contributed by atoms with van der Waals surface area (Å²) >= 11 is 0. The lowest BCUT2D eigenvalue weighted by atomic mass is 11.8. The van der Waals surface area contributed by atoms with Crippen molar-refractivity contribution in [1.82, 2.24) is 0 Å². The van der Waals surface area contributed by atoms with Gasteiger partial charge in [-0.2, -0.15) is 0 Å². The van der Waals surface area contributed by atoms with E-state index in [9.17, 15) is 0 Å². The SMILES string of the molecule is C.C.C.C.CO. The Morgan fingerprint density at radius 3 is 0.667 bits per heavy atom. The average molecular weight is 96.2 g/mol. The van der Waals surface area contributed by atoms with E-state index in [1.807, 2.05) is 0 Å². The van der Waals surface area contributed by atoms with E-state index in [2.05, 4.69) is 0 Å². The Hall–Kier alpha value is -0.0400. The van der Waals surface area contributed by atoms with Gasteiger partial charge in [-0.15, -0.1) is 0 Å². The van der Waals surface area contributed by atoms with Crippen molar-refractivity contribution in [2.24, 2.45) is 0 Å². The van der Waals surface area contributed by atoms with Gasteiger partial charge in [0.15, 0.2) is 0 Å². The molecule has 0 radical (unpaired) electrons. The summed E-state index contributed by atoms with van der Waals surface area (Å²) < 4.78 is 0. The Bertz CT molecular complexity index is 3.90.